The highest BCUT2D eigenvalue weighted by molar-refractivity contribution is 6.30. The molecule has 1 N–H and O–H groups in total. The molecule has 0 spiro atoms. The molecule has 0 unspecified atom stereocenters. The van der Waals surface area contributed by atoms with Crippen molar-refractivity contribution in [2.24, 2.45) is 5.92 Å². The Labute approximate surface area is 165 Å². The SMILES string of the molecule is Cc1cc(Cl)ccc1Oc1ccc(CN2CCC(C(=O)O)CC2)cc1.Cl. The van der Waals surface area contributed by atoms with E-state index in [0.717, 1.165) is 49.5 Å². The number of halogens is 2. The minimum atomic E-state index is -0.668. The van der Waals surface area contributed by atoms with Gasteiger partial charge in [0.2, 0.25) is 0 Å². The van der Waals surface area contributed by atoms with Crippen molar-refractivity contribution in [3.63, 3.8) is 0 Å². The van der Waals surface area contributed by atoms with Gasteiger partial charge in [-0.3, -0.25) is 9.69 Å². The topological polar surface area (TPSA) is 49.8 Å². The molecule has 2 aromatic rings. The first-order valence-electron chi connectivity index (χ1n) is 8.49. The summed E-state index contributed by atoms with van der Waals surface area (Å²) in [4.78, 5) is 13.3. The number of likely N-dealkylation sites (tertiary alicyclic amines) is 1. The number of hydrogen-bond acceptors (Lipinski definition) is 3. The minimum Gasteiger partial charge on any atom is -0.481 e. The average Bonchev–Trinajstić information content (AvgIpc) is 2.59. The summed E-state index contributed by atoms with van der Waals surface area (Å²) in [6, 6.07) is 13.6. The molecule has 0 aliphatic carbocycles. The van der Waals surface area contributed by atoms with Crippen LogP contribution < -0.4 is 4.74 Å². The Balaban J connectivity index is 0.00000243. The lowest BCUT2D eigenvalue weighted by molar-refractivity contribution is -0.143. The van der Waals surface area contributed by atoms with Gasteiger partial charge in [0.25, 0.3) is 0 Å². The fourth-order valence-electron chi connectivity index (χ4n) is 3.11. The van der Waals surface area contributed by atoms with Crippen LogP contribution in [0.1, 0.15) is 24.0 Å². The number of benzene rings is 2. The van der Waals surface area contributed by atoms with Crippen molar-refractivity contribution in [1.82, 2.24) is 4.90 Å². The van der Waals surface area contributed by atoms with E-state index in [9.17, 15) is 4.79 Å². The van der Waals surface area contributed by atoms with E-state index in [0.29, 0.717) is 5.02 Å². The number of aliphatic carboxylic acids is 1. The average molecular weight is 396 g/mol. The smallest absolute Gasteiger partial charge is 0.306 e. The van der Waals surface area contributed by atoms with E-state index < -0.39 is 5.97 Å². The van der Waals surface area contributed by atoms with Gasteiger partial charge in [-0.25, -0.2) is 0 Å². The summed E-state index contributed by atoms with van der Waals surface area (Å²) in [7, 11) is 0. The van der Waals surface area contributed by atoms with Gasteiger partial charge in [-0.05, 0) is 74.3 Å². The van der Waals surface area contributed by atoms with Crippen molar-refractivity contribution in [1.29, 1.82) is 0 Å². The lowest BCUT2D eigenvalue weighted by Gasteiger charge is -2.30. The van der Waals surface area contributed by atoms with E-state index in [1.807, 2.05) is 37.3 Å². The van der Waals surface area contributed by atoms with Crippen molar-refractivity contribution in [3.8, 4) is 11.5 Å². The molecule has 140 valence electrons. The second-order valence-electron chi connectivity index (χ2n) is 6.54. The predicted octanol–water partition coefficient (Wildman–Crippen LogP) is 5.16. The number of piperidine rings is 1. The summed E-state index contributed by atoms with van der Waals surface area (Å²) in [5.74, 6) is 0.736. The molecule has 1 aliphatic rings. The molecule has 1 aliphatic heterocycles. The van der Waals surface area contributed by atoms with Crippen LogP contribution >= 0.6 is 24.0 Å². The van der Waals surface area contributed by atoms with Crippen LogP contribution in [-0.2, 0) is 11.3 Å². The van der Waals surface area contributed by atoms with Crippen LogP contribution in [0.4, 0.5) is 0 Å². The number of carboxylic acid groups (broad SMARTS) is 1. The third kappa shape index (κ3) is 5.37. The molecule has 1 fully saturated rings. The van der Waals surface area contributed by atoms with E-state index in [1.165, 1.54) is 5.56 Å². The van der Waals surface area contributed by atoms with Crippen LogP contribution in [0.25, 0.3) is 0 Å². The second-order valence-corrected chi connectivity index (χ2v) is 6.98. The van der Waals surface area contributed by atoms with E-state index in [1.54, 1.807) is 0 Å². The lowest BCUT2D eigenvalue weighted by atomic mass is 9.97. The Bertz CT molecular complexity index is 741. The van der Waals surface area contributed by atoms with Crippen LogP contribution in [0.5, 0.6) is 11.5 Å². The molecular weight excluding hydrogens is 373 g/mol. The zero-order chi connectivity index (χ0) is 17.8. The fraction of sp³-hybridized carbons (Fsp3) is 0.350. The summed E-state index contributed by atoms with van der Waals surface area (Å²) in [6.07, 6.45) is 1.46. The van der Waals surface area contributed by atoms with Crippen LogP contribution in [0.2, 0.25) is 5.02 Å². The Morgan fingerprint density at radius 2 is 1.85 bits per heavy atom. The summed E-state index contributed by atoms with van der Waals surface area (Å²) < 4.78 is 5.91. The van der Waals surface area contributed by atoms with Gasteiger partial charge in [0, 0.05) is 11.6 Å². The fourth-order valence-corrected chi connectivity index (χ4v) is 3.34. The molecule has 3 rings (SSSR count). The van der Waals surface area contributed by atoms with Gasteiger partial charge in [0.15, 0.2) is 0 Å². The van der Waals surface area contributed by atoms with Gasteiger partial charge < -0.3 is 9.84 Å². The van der Waals surface area contributed by atoms with Crippen LogP contribution in [0.3, 0.4) is 0 Å². The number of carbonyl (C=O) groups is 1. The number of rotatable bonds is 5. The van der Waals surface area contributed by atoms with Gasteiger partial charge in [-0.1, -0.05) is 23.7 Å². The highest BCUT2D eigenvalue weighted by Gasteiger charge is 2.24. The Morgan fingerprint density at radius 3 is 2.42 bits per heavy atom. The van der Waals surface area contributed by atoms with Gasteiger partial charge in [-0.2, -0.15) is 0 Å². The molecule has 4 nitrogen and oxygen atoms in total. The van der Waals surface area contributed by atoms with E-state index >= 15 is 0 Å². The standard InChI is InChI=1S/C20H22ClNO3.ClH/c1-14-12-17(21)4-7-19(14)25-18-5-2-15(3-6-18)13-22-10-8-16(9-11-22)20(23)24;/h2-7,12,16H,8-11,13H2,1H3,(H,23,24);1H. The zero-order valence-electron chi connectivity index (χ0n) is 14.7. The Morgan fingerprint density at radius 1 is 1.19 bits per heavy atom. The molecule has 6 heteroatoms. The third-order valence-electron chi connectivity index (χ3n) is 4.63. The summed E-state index contributed by atoms with van der Waals surface area (Å²) >= 11 is 5.97. The normalized spacial score (nSPS) is 15.3. The molecule has 2 aromatic carbocycles. The highest BCUT2D eigenvalue weighted by Crippen LogP contribution is 2.28. The summed E-state index contributed by atoms with van der Waals surface area (Å²) in [5, 5.41) is 9.76. The van der Waals surface area contributed by atoms with Gasteiger partial charge >= 0.3 is 5.97 Å². The molecular formula is C20H23Cl2NO3. The zero-order valence-corrected chi connectivity index (χ0v) is 16.2. The number of ether oxygens (including phenoxy) is 1. The summed E-state index contributed by atoms with van der Waals surface area (Å²) in [6.45, 7) is 4.47. The minimum absolute atomic E-state index is 0. The number of aryl methyl sites for hydroxylation is 1. The molecule has 0 aromatic heterocycles. The van der Waals surface area contributed by atoms with Crippen LogP contribution in [0.15, 0.2) is 42.5 Å². The molecule has 0 atom stereocenters. The van der Waals surface area contributed by atoms with Crippen molar-refractivity contribution in [2.45, 2.75) is 26.3 Å². The molecule has 0 bridgehead atoms. The van der Waals surface area contributed by atoms with Gasteiger partial charge in [0.1, 0.15) is 11.5 Å². The number of hydrogen-bond donors (Lipinski definition) is 1. The quantitative estimate of drug-likeness (QED) is 0.759. The lowest BCUT2D eigenvalue weighted by Crippen LogP contribution is -2.35. The monoisotopic (exact) mass is 395 g/mol. The first-order chi connectivity index (χ1) is 12.0. The maximum absolute atomic E-state index is 11.0. The number of nitrogens with zero attached hydrogens (tertiary/aromatic N) is 1. The molecule has 26 heavy (non-hydrogen) atoms. The maximum atomic E-state index is 11.0. The first-order valence-corrected chi connectivity index (χ1v) is 8.87. The second kappa shape index (κ2) is 9.26. The van der Waals surface area contributed by atoms with Crippen molar-refractivity contribution in [3.05, 3.63) is 58.6 Å². The van der Waals surface area contributed by atoms with Crippen LogP contribution in [-0.4, -0.2) is 29.1 Å². The van der Waals surface area contributed by atoms with Crippen molar-refractivity contribution >= 4 is 30.0 Å². The predicted molar refractivity (Wildman–Crippen MR) is 106 cm³/mol. The molecule has 0 amide bonds. The molecule has 1 heterocycles. The molecule has 0 saturated carbocycles. The third-order valence-corrected chi connectivity index (χ3v) is 4.87. The number of carboxylic acids is 1. The first kappa shape index (κ1) is 20.6. The van der Waals surface area contributed by atoms with E-state index in [-0.39, 0.29) is 18.3 Å². The maximum Gasteiger partial charge on any atom is 0.306 e. The van der Waals surface area contributed by atoms with Crippen LogP contribution in [0, 0.1) is 12.8 Å². The molecule has 1 saturated heterocycles. The largest absolute Gasteiger partial charge is 0.481 e. The summed E-state index contributed by atoms with van der Waals surface area (Å²) in [5.41, 5.74) is 2.20. The van der Waals surface area contributed by atoms with Crippen molar-refractivity contribution in [2.75, 3.05) is 13.1 Å². The highest BCUT2D eigenvalue weighted by atomic mass is 35.5. The van der Waals surface area contributed by atoms with E-state index in [2.05, 4.69) is 17.0 Å². The van der Waals surface area contributed by atoms with Gasteiger partial charge in [0.05, 0.1) is 5.92 Å². The molecule has 0 radical (unpaired) electrons. The Hall–Kier alpha value is -1.75. The van der Waals surface area contributed by atoms with Crippen molar-refractivity contribution < 1.29 is 14.6 Å². The Kier molecular flexibility index (Phi) is 7.33. The van der Waals surface area contributed by atoms with E-state index in [4.69, 9.17) is 21.4 Å². The van der Waals surface area contributed by atoms with Gasteiger partial charge in [-0.15, -0.1) is 12.4 Å².